The zero-order valence-corrected chi connectivity index (χ0v) is 11.7. The molecule has 100 valence electrons. The Morgan fingerprint density at radius 2 is 1.63 bits per heavy atom. The Balaban J connectivity index is 2.26. The number of aliphatic hydroxyl groups excluding tert-OH is 1. The summed E-state index contributed by atoms with van der Waals surface area (Å²) >= 11 is 0. The van der Waals surface area contributed by atoms with Crippen LogP contribution in [-0.4, -0.2) is 30.2 Å². The van der Waals surface area contributed by atoms with Gasteiger partial charge in [-0.2, -0.15) is 0 Å². The van der Waals surface area contributed by atoms with Crippen LogP contribution in [0.4, 0.5) is 5.82 Å². The van der Waals surface area contributed by atoms with Crippen molar-refractivity contribution in [3.63, 3.8) is 0 Å². The minimum Gasteiger partial charge on any atom is -0.382 e. The number of aromatic nitrogens is 1. The number of quaternary nitrogens is 1. The van der Waals surface area contributed by atoms with Gasteiger partial charge in [-0.15, -0.1) is 0 Å². The van der Waals surface area contributed by atoms with Gasteiger partial charge in [-0.1, -0.05) is 36.4 Å². The van der Waals surface area contributed by atoms with Gasteiger partial charge >= 0.3 is 0 Å². The molecule has 0 aliphatic rings. The molecule has 3 nitrogen and oxygen atoms in total. The molecule has 1 aromatic heterocycles. The summed E-state index contributed by atoms with van der Waals surface area (Å²) < 4.78 is 0.539. The highest BCUT2D eigenvalue weighted by molar-refractivity contribution is 5.34. The van der Waals surface area contributed by atoms with Crippen LogP contribution < -0.4 is 4.48 Å². The molecule has 0 saturated heterocycles. The topological polar surface area (TPSA) is 33.1 Å². The quantitative estimate of drug-likeness (QED) is 0.854. The molecular formula is C16H21N2O+. The minimum absolute atomic E-state index is 0.0114. The number of likely N-dealkylation sites (N-methyl/N-ethyl adjacent to an activating group) is 1. The van der Waals surface area contributed by atoms with Crippen molar-refractivity contribution < 1.29 is 5.11 Å². The third-order valence-corrected chi connectivity index (χ3v) is 3.86. The van der Waals surface area contributed by atoms with Crippen LogP contribution in [0.2, 0.25) is 0 Å². The first-order valence-electron chi connectivity index (χ1n) is 6.51. The van der Waals surface area contributed by atoms with E-state index in [2.05, 4.69) is 19.1 Å². The minimum atomic E-state index is -0.516. The molecule has 0 spiro atoms. The fraction of sp³-hybridized carbons (Fsp3) is 0.312. The highest BCUT2D eigenvalue weighted by Crippen LogP contribution is 2.27. The first kappa shape index (κ1) is 13.7. The predicted octanol–water partition coefficient (Wildman–Crippen LogP) is 2.77. The highest BCUT2D eigenvalue weighted by Gasteiger charge is 2.34. The predicted molar refractivity (Wildman–Crippen MR) is 78.7 cm³/mol. The van der Waals surface area contributed by atoms with Gasteiger partial charge in [0.2, 0.25) is 5.82 Å². The molecular weight excluding hydrogens is 236 g/mol. The molecule has 0 amide bonds. The lowest BCUT2D eigenvalue weighted by Crippen LogP contribution is -2.51. The Morgan fingerprint density at radius 3 is 2.21 bits per heavy atom. The summed E-state index contributed by atoms with van der Waals surface area (Å²) in [6.45, 7) is 2.05. The smallest absolute Gasteiger partial charge is 0.227 e. The average Bonchev–Trinajstić information content (AvgIpc) is 2.47. The van der Waals surface area contributed by atoms with Crippen molar-refractivity contribution in [3.05, 3.63) is 60.3 Å². The van der Waals surface area contributed by atoms with Crippen LogP contribution >= 0.6 is 0 Å². The van der Waals surface area contributed by atoms with E-state index in [1.54, 1.807) is 6.20 Å². The third-order valence-electron chi connectivity index (χ3n) is 3.86. The van der Waals surface area contributed by atoms with Gasteiger partial charge in [-0.25, -0.2) is 4.98 Å². The van der Waals surface area contributed by atoms with Crippen molar-refractivity contribution in [2.45, 2.75) is 19.1 Å². The largest absolute Gasteiger partial charge is 0.382 e. The van der Waals surface area contributed by atoms with Crippen LogP contribution in [0.3, 0.4) is 0 Å². The fourth-order valence-corrected chi connectivity index (χ4v) is 2.19. The number of aliphatic hydroxyl groups is 1. The molecule has 0 aliphatic heterocycles. The van der Waals surface area contributed by atoms with E-state index in [9.17, 15) is 5.11 Å². The van der Waals surface area contributed by atoms with Crippen LogP contribution in [0.25, 0.3) is 0 Å². The Hall–Kier alpha value is -1.71. The van der Waals surface area contributed by atoms with Gasteiger partial charge in [0.25, 0.3) is 0 Å². The maximum Gasteiger partial charge on any atom is 0.227 e. The van der Waals surface area contributed by atoms with Crippen LogP contribution in [-0.2, 0) is 0 Å². The summed E-state index contributed by atoms with van der Waals surface area (Å²) in [6.07, 6.45) is 1.27. The number of hydrogen-bond acceptors (Lipinski definition) is 2. The van der Waals surface area contributed by atoms with Gasteiger partial charge in [-0.05, 0) is 18.6 Å². The molecule has 1 N–H and O–H groups in total. The maximum atomic E-state index is 10.5. The van der Waals surface area contributed by atoms with E-state index in [0.29, 0.717) is 4.48 Å². The van der Waals surface area contributed by atoms with E-state index in [1.807, 2.05) is 55.5 Å². The van der Waals surface area contributed by atoms with Crippen molar-refractivity contribution in [1.29, 1.82) is 0 Å². The number of hydrogen-bond donors (Lipinski definition) is 1. The summed E-state index contributed by atoms with van der Waals surface area (Å²) in [4.78, 5) is 4.41. The molecule has 1 aromatic carbocycles. The van der Waals surface area contributed by atoms with E-state index < -0.39 is 6.10 Å². The number of pyridine rings is 1. The normalized spacial score (nSPS) is 14.9. The Labute approximate surface area is 114 Å². The van der Waals surface area contributed by atoms with E-state index in [1.165, 1.54) is 0 Å². The van der Waals surface area contributed by atoms with Gasteiger partial charge < -0.3 is 5.11 Å². The molecule has 0 saturated carbocycles. The monoisotopic (exact) mass is 257 g/mol. The Kier molecular flexibility index (Phi) is 3.98. The van der Waals surface area contributed by atoms with E-state index >= 15 is 0 Å². The van der Waals surface area contributed by atoms with Crippen molar-refractivity contribution >= 4 is 5.82 Å². The van der Waals surface area contributed by atoms with E-state index in [4.69, 9.17) is 0 Å². The molecule has 0 unspecified atom stereocenters. The molecule has 2 aromatic rings. The summed E-state index contributed by atoms with van der Waals surface area (Å²) in [5.41, 5.74) is 0.942. The van der Waals surface area contributed by atoms with Crippen LogP contribution in [0.1, 0.15) is 18.6 Å². The number of benzene rings is 1. The van der Waals surface area contributed by atoms with Gasteiger partial charge in [0.15, 0.2) is 0 Å². The Morgan fingerprint density at radius 1 is 1.00 bits per heavy atom. The van der Waals surface area contributed by atoms with Crippen molar-refractivity contribution in [2.75, 3.05) is 14.1 Å². The number of nitrogens with zero attached hydrogens (tertiary/aromatic N) is 2. The first-order valence-corrected chi connectivity index (χ1v) is 6.51. The molecule has 0 radical (unpaired) electrons. The van der Waals surface area contributed by atoms with Crippen molar-refractivity contribution in [3.8, 4) is 0 Å². The second kappa shape index (κ2) is 5.51. The molecule has 0 fully saturated rings. The van der Waals surface area contributed by atoms with E-state index in [-0.39, 0.29) is 6.04 Å². The first-order chi connectivity index (χ1) is 9.03. The third kappa shape index (κ3) is 2.83. The summed E-state index contributed by atoms with van der Waals surface area (Å²) in [5.74, 6) is 0.949. The molecule has 1 heterocycles. The van der Waals surface area contributed by atoms with Gasteiger partial charge in [0.1, 0.15) is 12.1 Å². The molecule has 3 heteroatoms. The van der Waals surface area contributed by atoms with Crippen LogP contribution in [0.15, 0.2) is 54.7 Å². The average molecular weight is 257 g/mol. The van der Waals surface area contributed by atoms with Crippen LogP contribution in [0, 0.1) is 0 Å². The molecule has 2 rings (SSSR count). The Bertz CT molecular complexity index is 511. The molecule has 0 bridgehead atoms. The lowest BCUT2D eigenvalue weighted by atomic mass is 10.0. The van der Waals surface area contributed by atoms with Gasteiger partial charge in [0, 0.05) is 12.3 Å². The highest BCUT2D eigenvalue weighted by atomic mass is 16.3. The van der Waals surface area contributed by atoms with Gasteiger partial charge in [0.05, 0.1) is 14.1 Å². The SMILES string of the molecule is C[C@@H]([C@H](O)c1ccccc1)[N+](C)(C)c1ccccn1. The summed E-state index contributed by atoms with van der Waals surface area (Å²) in [7, 11) is 4.14. The molecule has 19 heavy (non-hydrogen) atoms. The molecule has 0 aliphatic carbocycles. The lowest BCUT2D eigenvalue weighted by Gasteiger charge is -2.37. The van der Waals surface area contributed by atoms with Gasteiger partial charge in [-0.3, -0.25) is 4.48 Å². The van der Waals surface area contributed by atoms with Crippen molar-refractivity contribution in [2.24, 2.45) is 0 Å². The maximum absolute atomic E-state index is 10.5. The number of rotatable bonds is 4. The molecule has 2 atom stereocenters. The standard InChI is InChI=1S/C16H21N2O/c1-13(16(19)14-9-5-4-6-10-14)18(2,3)15-11-7-8-12-17-15/h4-13,16,19H,1-3H3/q+1/t13-,16-/m0/s1. The second-order valence-electron chi connectivity index (χ2n) is 5.32. The van der Waals surface area contributed by atoms with E-state index in [0.717, 1.165) is 11.4 Å². The van der Waals surface area contributed by atoms with Crippen molar-refractivity contribution in [1.82, 2.24) is 9.47 Å². The van der Waals surface area contributed by atoms with Crippen LogP contribution in [0.5, 0.6) is 0 Å². The lowest BCUT2D eigenvalue weighted by molar-refractivity contribution is 0.0862. The second-order valence-corrected chi connectivity index (χ2v) is 5.32. The summed E-state index contributed by atoms with van der Waals surface area (Å²) in [6, 6.07) is 15.7. The fourth-order valence-electron chi connectivity index (χ4n) is 2.19. The zero-order valence-electron chi connectivity index (χ0n) is 11.7. The summed E-state index contributed by atoms with van der Waals surface area (Å²) in [5, 5.41) is 10.5. The zero-order chi connectivity index (χ0) is 13.9.